The van der Waals surface area contributed by atoms with Crippen LogP contribution >= 0.6 is 0 Å². The number of benzene rings is 1. The lowest BCUT2D eigenvalue weighted by Gasteiger charge is -2.22. The van der Waals surface area contributed by atoms with Crippen molar-refractivity contribution in [2.75, 3.05) is 0 Å². The lowest BCUT2D eigenvalue weighted by molar-refractivity contribution is -0.161. The fourth-order valence-electron chi connectivity index (χ4n) is 2.50. The molecule has 0 aliphatic heterocycles. The van der Waals surface area contributed by atoms with Crippen molar-refractivity contribution in [3.63, 3.8) is 0 Å². The van der Waals surface area contributed by atoms with Crippen molar-refractivity contribution in [1.82, 2.24) is 0 Å². The van der Waals surface area contributed by atoms with Crippen LogP contribution in [0.5, 0.6) is 0 Å². The maximum Gasteiger partial charge on any atom is 0.312 e. The Morgan fingerprint density at radius 1 is 1.32 bits per heavy atom. The van der Waals surface area contributed by atoms with Gasteiger partial charge >= 0.3 is 5.97 Å². The summed E-state index contributed by atoms with van der Waals surface area (Å²) in [6.45, 7) is 7.82. The third kappa shape index (κ3) is 3.59. The second-order valence-corrected chi connectivity index (χ2v) is 6.84. The Morgan fingerprint density at radius 3 is 2.53 bits per heavy atom. The molecule has 19 heavy (non-hydrogen) atoms. The van der Waals surface area contributed by atoms with Crippen molar-refractivity contribution in [1.29, 1.82) is 0 Å². The van der Waals surface area contributed by atoms with E-state index in [4.69, 9.17) is 4.74 Å². The molecule has 2 nitrogen and oxygen atoms in total. The second kappa shape index (κ2) is 4.99. The van der Waals surface area contributed by atoms with Crippen LogP contribution in [-0.4, -0.2) is 11.6 Å². The summed E-state index contributed by atoms with van der Waals surface area (Å²) < 4.78 is 5.51. The van der Waals surface area contributed by atoms with Crippen LogP contribution < -0.4 is 0 Å². The van der Waals surface area contributed by atoms with Crippen molar-refractivity contribution < 1.29 is 9.53 Å². The smallest absolute Gasteiger partial charge is 0.312 e. The number of rotatable bonds is 4. The summed E-state index contributed by atoms with van der Waals surface area (Å²) in [5.41, 5.74) is 0.718. The van der Waals surface area contributed by atoms with Gasteiger partial charge in [-0.3, -0.25) is 4.79 Å². The van der Waals surface area contributed by atoms with Gasteiger partial charge in [0.25, 0.3) is 0 Å². The molecule has 1 aromatic rings. The van der Waals surface area contributed by atoms with Gasteiger partial charge in [-0.2, -0.15) is 0 Å². The van der Waals surface area contributed by atoms with E-state index in [2.05, 4.69) is 24.3 Å². The van der Waals surface area contributed by atoms with E-state index in [9.17, 15) is 4.79 Å². The van der Waals surface area contributed by atoms with Crippen LogP contribution in [0.25, 0.3) is 0 Å². The zero-order valence-electron chi connectivity index (χ0n) is 12.4. The van der Waals surface area contributed by atoms with Crippen LogP contribution in [-0.2, 0) is 16.0 Å². The minimum absolute atomic E-state index is 0.0296. The molecule has 1 saturated carbocycles. The van der Waals surface area contributed by atoms with Crippen molar-refractivity contribution >= 4 is 5.97 Å². The first-order valence-electron chi connectivity index (χ1n) is 7.09. The lowest BCUT2D eigenvalue weighted by atomic mass is 10.0. The minimum Gasteiger partial charge on any atom is -0.460 e. The maximum absolute atomic E-state index is 12.1. The highest BCUT2D eigenvalue weighted by atomic mass is 16.6. The summed E-state index contributed by atoms with van der Waals surface area (Å²) in [5, 5.41) is 0. The molecule has 0 amide bonds. The number of esters is 1. The summed E-state index contributed by atoms with van der Waals surface area (Å²) in [6.07, 6.45) is 3.08. The predicted molar refractivity (Wildman–Crippen MR) is 76.8 cm³/mol. The van der Waals surface area contributed by atoms with Gasteiger partial charge in [0.15, 0.2) is 0 Å². The fourth-order valence-corrected chi connectivity index (χ4v) is 2.50. The van der Waals surface area contributed by atoms with E-state index in [0.717, 1.165) is 19.3 Å². The van der Waals surface area contributed by atoms with Gasteiger partial charge in [-0.15, -0.1) is 0 Å². The largest absolute Gasteiger partial charge is 0.460 e. The van der Waals surface area contributed by atoms with Crippen LogP contribution in [0.4, 0.5) is 0 Å². The quantitative estimate of drug-likeness (QED) is 0.765. The van der Waals surface area contributed by atoms with Gasteiger partial charge in [0.05, 0.1) is 5.41 Å². The Kier molecular flexibility index (Phi) is 3.71. The van der Waals surface area contributed by atoms with Crippen molar-refractivity contribution in [3.05, 3.63) is 35.9 Å². The van der Waals surface area contributed by atoms with E-state index < -0.39 is 0 Å². The first kappa shape index (κ1) is 14.1. The molecule has 0 bridgehead atoms. The molecule has 0 heterocycles. The molecule has 104 valence electrons. The average Bonchev–Trinajstić information content (AvgIpc) is 2.99. The second-order valence-electron chi connectivity index (χ2n) is 6.84. The first-order valence-corrected chi connectivity index (χ1v) is 7.09. The highest BCUT2D eigenvalue weighted by Gasteiger charge is 2.57. The van der Waals surface area contributed by atoms with Gasteiger partial charge in [-0.1, -0.05) is 30.3 Å². The summed E-state index contributed by atoms with van der Waals surface area (Å²) in [7, 11) is 0. The standard InChI is InChI=1S/C17H24O2/c1-16(2,3)19-15(18)17(4)12-14(17)11-10-13-8-6-5-7-9-13/h5-9,14H,10-12H2,1-4H3. The van der Waals surface area contributed by atoms with Crippen LogP contribution in [0.1, 0.15) is 46.1 Å². The van der Waals surface area contributed by atoms with E-state index in [1.165, 1.54) is 5.56 Å². The number of hydrogen-bond donors (Lipinski definition) is 0. The summed E-state index contributed by atoms with van der Waals surface area (Å²) in [5.74, 6) is 0.445. The molecule has 0 spiro atoms. The van der Waals surface area contributed by atoms with E-state index >= 15 is 0 Å². The molecule has 0 radical (unpaired) electrons. The van der Waals surface area contributed by atoms with Crippen LogP contribution in [0.15, 0.2) is 30.3 Å². The van der Waals surface area contributed by atoms with Crippen LogP contribution in [0, 0.1) is 11.3 Å². The van der Waals surface area contributed by atoms with Gasteiger partial charge in [-0.25, -0.2) is 0 Å². The number of carbonyl (C=O) groups excluding carboxylic acids is 1. The molecule has 1 fully saturated rings. The Balaban J connectivity index is 1.84. The maximum atomic E-state index is 12.1. The van der Waals surface area contributed by atoms with Crippen molar-refractivity contribution in [3.8, 4) is 0 Å². The van der Waals surface area contributed by atoms with Crippen LogP contribution in [0.2, 0.25) is 0 Å². The van der Waals surface area contributed by atoms with E-state index in [-0.39, 0.29) is 17.0 Å². The van der Waals surface area contributed by atoms with Gasteiger partial charge in [0, 0.05) is 0 Å². The van der Waals surface area contributed by atoms with Crippen LogP contribution in [0.3, 0.4) is 0 Å². The van der Waals surface area contributed by atoms with E-state index in [1.807, 2.05) is 33.8 Å². The number of hydrogen-bond acceptors (Lipinski definition) is 2. The predicted octanol–water partition coefficient (Wildman–Crippen LogP) is 3.99. The summed E-state index contributed by atoms with van der Waals surface area (Å²) in [4.78, 5) is 12.1. The molecule has 2 atom stereocenters. The fraction of sp³-hybridized carbons (Fsp3) is 0.588. The molecule has 0 N–H and O–H groups in total. The molecule has 1 aromatic carbocycles. The third-order valence-corrected chi connectivity index (χ3v) is 3.90. The Bertz CT molecular complexity index is 444. The number of carbonyl (C=O) groups is 1. The Labute approximate surface area is 116 Å². The van der Waals surface area contributed by atoms with Gasteiger partial charge in [0.1, 0.15) is 5.60 Å². The summed E-state index contributed by atoms with van der Waals surface area (Å²) >= 11 is 0. The molecule has 1 aliphatic rings. The zero-order chi connectivity index (χ0) is 14.1. The molecule has 2 unspecified atom stereocenters. The molecular formula is C17H24O2. The highest BCUT2D eigenvalue weighted by Crippen LogP contribution is 2.55. The highest BCUT2D eigenvalue weighted by molar-refractivity contribution is 5.80. The van der Waals surface area contributed by atoms with E-state index in [0.29, 0.717) is 5.92 Å². The molecule has 0 aromatic heterocycles. The zero-order valence-corrected chi connectivity index (χ0v) is 12.4. The SMILES string of the molecule is CC(C)(C)OC(=O)C1(C)CC1CCc1ccccc1. The minimum atomic E-state index is -0.382. The van der Waals surface area contributed by atoms with Gasteiger partial charge in [-0.05, 0) is 58.4 Å². The topological polar surface area (TPSA) is 26.3 Å². The van der Waals surface area contributed by atoms with Crippen molar-refractivity contribution in [2.45, 2.75) is 52.6 Å². The average molecular weight is 260 g/mol. The lowest BCUT2D eigenvalue weighted by Crippen LogP contribution is -2.29. The van der Waals surface area contributed by atoms with Gasteiger partial charge < -0.3 is 4.74 Å². The van der Waals surface area contributed by atoms with Crippen molar-refractivity contribution in [2.24, 2.45) is 11.3 Å². The third-order valence-electron chi connectivity index (χ3n) is 3.90. The monoisotopic (exact) mass is 260 g/mol. The number of ether oxygens (including phenoxy) is 1. The summed E-state index contributed by atoms with van der Waals surface area (Å²) in [6, 6.07) is 10.5. The van der Waals surface area contributed by atoms with Gasteiger partial charge in [0.2, 0.25) is 0 Å². The Hall–Kier alpha value is -1.31. The molecule has 1 aliphatic carbocycles. The molecule has 2 rings (SSSR count). The normalized spacial score (nSPS) is 26.0. The Morgan fingerprint density at radius 2 is 1.95 bits per heavy atom. The van der Waals surface area contributed by atoms with E-state index in [1.54, 1.807) is 0 Å². The molecule has 0 saturated heterocycles. The number of aryl methyl sites for hydroxylation is 1. The molecule has 2 heteroatoms. The molecular weight excluding hydrogens is 236 g/mol. The first-order chi connectivity index (χ1) is 8.81.